The number of hydrogen-bond acceptors (Lipinski definition) is 2. The van der Waals surface area contributed by atoms with E-state index in [0.717, 1.165) is 17.8 Å². The molecule has 0 bridgehead atoms. The second-order valence-electron chi connectivity index (χ2n) is 4.15. The van der Waals surface area contributed by atoms with Crippen LogP contribution in [0, 0.1) is 6.92 Å². The van der Waals surface area contributed by atoms with Crippen LogP contribution < -0.4 is 5.32 Å². The van der Waals surface area contributed by atoms with E-state index >= 15 is 0 Å². The minimum absolute atomic E-state index is 0.843. The van der Waals surface area contributed by atoms with Crippen molar-refractivity contribution in [2.75, 3.05) is 7.05 Å². The highest BCUT2D eigenvalue weighted by atomic mass is 14.9. The lowest BCUT2D eigenvalue weighted by Crippen LogP contribution is -2.11. The van der Waals surface area contributed by atoms with Crippen molar-refractivity contribution in [1.29, 1.82) is 0 Å². The van der Waals surface area contributed by atoms with Crippen LogP contribution in [0.2, 0.25) is 0 Å². The molecule has 0 fully saturated rings. The van der Waals surface area contributed by atoms with E-state index in [-0.39, 0.29) is 0 Å². The molecule has 0 saturated carbocycles. The van der Waals surface area contributed by atoms with E-state index in [1.54, 1.807) is 13.3 Å². The van der Waals surface area contributed by atoms with Gasteiger partial charge in [0.25, 0.3) is 0 Å². The Labute approximate surface area is 104 Å². The lowest BCUT2D eigenvalue weighted by molar-refractivity contribution is 0.917. The third-order valence-electron chi connectivity index (χ3n) is 2.35. The Kier molecular flexibility index (Phi) is 5.21. The summed E-state index contributed by atoms with van der Waals surface area (Å²) in [5.41, 5.74) is 4.60. The van der Waals surface area contributed by atoms with Gasteiger partial charge in [0.15, 0.2) is 0 Å². The monoisotopic (exact) mass is 228 g/mol. The normalized spacial score (nSPS) is 11.8. The highest BCUT2D eigenvalue weighted by Gasteiger charge is 1.97. The molecule has 0 saturated heterocycles. The molecule has 0 heterocycles. The molecule has 1 rings (SSSR count). The summed E-state index contributed by atoms with van der Waals surface area (Å²) in [6, 6.07) is 8.47. The summed E-state index contributed by atoms with van der Waals surface area (Å²) >= 11 is 0. The van der Waals surface area contributed by atoms with E-state index in [2.05, 4.69) is 48.1 Å². The zero-order valence-electron chi connectivity index (χ0n) is 10.8. The largest absolute Gasteiger partial charge is 0.363 e. The molecule has 0 aliphatic carbocycles. The topological polar surface area (TPSA) is 24.4 Å². The van der Waals surface area contributed by atoms with Gasteiger partial charge in [-0.1, -0.05) is 36.4 Å². The Bertz CT molecular complexity index is 442. The maximum absolute atomic E-state index is 4.03. The van der Waals surface area contributed by atoms with Gasteiger partial charge in [0.05, 0.1) is 0 Å². The molecule has 0 spiro atoms. The highest BCUT2D eigenvalue weighted by Crippen LogP contribution is 2.08. The summed E-state index contributed by atoms with van der Waals surface area (Å²) in [6.07, 6.45) is 4.54. The number of nitrogens with one attached hydrogen (secondary N) is 1. The molecule has 2 nitrogen and oxygen atoms in total. The van der Waals surface area contributed by atoms with Crippen molar-refractivity contribution in [1.82, 2.24) is 5.32 Å². The SMILES string of the molecule is C=C(Cc1cccc(C)c1)N/C(C)=C/C=NC. The first-order valence-electron chi connectivity index (χ1n) is 5.71. The van der Waals surface area contributed by atoms with Crippen molar-refractivity contribution in [2.45, 2.75) is 20.3 Å². The number of hydrogen-bond donors (Lipinski definition) is 1. The van der Waals surface area contributed by atoms with Gasteiger partial charge >= 0.3 is 0 Å². The molecule has 0 aromatic heterocycles. The van der Waals surface area contributed by atoms with E-state index < -0.39 is 0 Å². The zero-order chi connectivity index (χ0) is 12.7. The van der Waals surface area contributed by atoms with Gasteiger partial charge in [0.2, 0.25) is 0 Å². The molecule has 17 heavy (non-hydrogen) atoms. The number of benzene rings is 1. The van der Waals surface area contributed by atoms with Gasteiger partial charge in [-0.2, -0.15) is 0 Å². The molecule has 1 aromatic carbocycles. The maximum atomic E-state index is 4.03. The molecule has 0 unspecified atom stereocenters. The summed E-state index contributed by atoms with van der Waals surface area (Å²) in [7, 11) is 1.76. The van der Waals surface area contributed by atoms with Crippen LogP contribution in [-0.2, 0) is 6.42 Å². The van der Waals surface area contributed by atoms with Gasteiger partial charge < -0.3 is 5.32 Å². The van der Waals surface area contributed by atoms with Crippen molar-refractivity contribution < 1.29 is 0 Å². The first-order valence-corrected chi connectivity index (χ1v) is 5.71. The van der Waals surface area contributed by atoms with Crippen LogP contribution >= 0.6 is 0 Å². The quantitative estimate of drug-likeness (QED) is 0.769. The van der Waals surface area contributed by atoms with Crippen LogP contribution in [-0.4, -0.2) is 13.3 Å². The standard InChI is InChI=1S/C15H20N2/c1-12-6-5-7-15(10-12)11-14(3)17-13(2)8-9-16-4/h5-10,17H,3,11H2,1-2,4H3/b13-8+,16-9?. The Morgan fingerprint density at radius 1 is 1.47 bits per heavy atom. The summed E-state index contributed by atoms with van der Waals surface area (Å²) in [6.45, 7) is 8.13. The van der Waals surface area contributed by atoms with E-state index in [1.165, 1.54) is 11.1 Å². The van der Waals surface area contributed by atoms with Crippen LogP contribution in [0.5, 0.6) is 0 Å². The lowest BCUT2D eigenvalue weighted by Gasteiger charge is -2.10. The average molecular weight is 228 g/mol. The van der Waals surface area contributed by atoms with Crippen molar-refractivity contribution in [3.63, 3.8) is 0 Å². The Balaban J connectivity index is 2.56. The van der Waals surface area contributed by atoms with Crippen molar-refractivity contribution in [3.05, 3.63) is 59.4 Å². The van der Waals surface area contributed by atoms with E-state index in [4.69, 9.17) is 0 Å². The number of aliphatic imine (C=N–C) groups is 1. The fourth-order valence-corrected chi connectivity index (χ4v) is 1.62. The van der Waals surface area contributed by atoms with Crippen molar-refractivity contribution in [3.8, 4) is 0 Å². The number of allylic oxidation sites excluding steroid dienone is 3. The number of nitrogens with zero attached hydrogens (tertiary/aromatic N) is 1. The number of rotatable bonds is 5. The van der Waals surface area contributed by atoms with Gasteiger partial charge in [-0.25, -0.2) is 0 Å². The van der Waals surface area contributed by atoms with E-state index in [1.807, 2.05) is 13.0 Å². The molecular formula is C15H20N2. The minimum Gasteiger partial charge on any atom is -0.363 e. The molecule has 2 heteroatoms. The van der Waals surface area contributed by atoms with Gasteiger partial charge in [-0.05, 0) is 25.5 Å². The predicted molar refractivity (Wildman–Crippen MR) is 75.3 cm³/mol. The molecule has 0 atom stereocenters. The zero-order valence-corrected chi connectivity index (χ0v) is 10.8. The van der Waals surface area contributed by atoms with Crippen LogP contribution in [0.3, 0.4) is 0 Å². The third-order valence-corrected chi connectivity index (χ3v) is 2.35. The van der Waals surface area contributed by atoms with Gasteiger partial charge in [-0.3, -0.25) is 4.99 Å². The molecule has 0 aliphatic rings. The second kappa shape index (κ2) is 6.69. The molecule has 0 aliphatic heterocycles. The molecule has 0 radical (unpaired) electrons. The summed E-state index contributed by atoms with van der Waals surface area (Å²) in [5, 5.41) is 3.26. The first kappa shape index (κ1) is 13.2. The fraction of sp³-hybridized carbons (Fsp3) is 0.267. The lowest BCUT2D eigenvalue weighted by atomic mass is 10.1. The van der Waals surface area contributed by atoms with E-state index in [0.29, 0.717) is 0 Å². The van der Waals surface area contributed by atoms with Crippen LogP contribution in [0.15, 0.2) is 53.3 Å². The highest BCUT2D eigenvalue weighted by molar-refractivity contribution is 5.71. The molecular weight excluding hydrogens is 208 g/mol. The van der Waals surface area contributed by atoms with Crippen molar-refractivity contribution in [2.24, 2.45) is 4.99 Å². The van der Waals surface area contributed by atoms with Crippen LogP contribution in [0.25, 0.3) is 0 Å². The first-order chi connectivity index (χ1) is 8.11. The Morgan fingerprint density at radius 2 is 2.24 bits per heavy atom. The Morgan fingerprint density at radius 3 is 2.88 bits per heavy atom. The smallest absolute Gasteiger partial charge is 0.0277 e. The average Bonchev–Trinajstić information content (AvgIpc) is 2.26. The van der Waals surface area contributed by atoms with E-state index in [9.17, 15) is 0 Å². The summed E-state index contributed by atoms with van der Waals surface area (Å²) < 4.78 is 0. The summed E-state index contributed by atoms with van der Waals surface area (Å²) in [5.74, 6) is 0. The third kappa shape index (κ3) is 5.16. The minimum atomic E-state index is 0.843. The summed E-state index contributed by atoms with van der Waals surface area (Å²) in [4.78, 5) is 3.91. The van der Waals surface area contributed by atoms with Crippen LogP contribution in [0.1, 0.15) is 18.1 Å². The van der Waals surface area contributed by atoms with Gasteiger partial charge in [-0.15, -0.1) is 0 Å². The molecule has 1 N–H and O–H groups in total. The van der Waals surface area contributed by atoms with Gasteiger partial charge in [0.1, 0.15) is 0 Å². The number of aryl methyl sites for hydroxylation is 1. The maximum Gasteiger partial charge on any atom is 0.0277 e. The fourth-order valence-electron chi connectivity index (χ4n) is 1.62. The van der Waals surface area contributed by atoms with Gasteiger partial charge in [0, 0.05) is 31.1 Å². The second-order valence-corrected chi connectivity index (χ2v) is 4.15. The molecule has 1 aromatic rings. The van der Waals surface area contributed by atoms with Crippen LogP contribution in [0.4, 0.5) is 0 Å². The molecule has 0 amide bonds. The molecule has 90 valence electrons. The predicted octanol–water partition coefficient (Wildman–Crippen LogP) is 3.25. The van der Waals surface area contributed by atoms with Crippen molar-refractivity contribution >= 4 is 6.21 Å². The Hall–Kier alpha value is -1.83.